The molecule has 0 unspecified atom stereocenters. The molecule has 0 aliphatic rings. The van der Waals surface area contributed by atoms with Crippen molar-refractivity contribution in [1.29, 1.82) is 0 Å². The van der Waals surface area contributed by atoms with Crippen molar-refractivity contribution in [1.82, 2.24) is 0 Å². The van der Waals surface area contributed by atoms with Gasteiger partial charge >= 0.3 is 5.97 Å². The summed E-state index contributed by atoms with van der Waals surface area (Å²) in [5.41, 5.74) is 6.55. The van der Waals surface area contributed by atoms with Crippen LogP contribution in [0.5, 0.6) is 0 Å². The topological polar surface area (TPSA) is 52.3 Å². The van der Waals surface area contributed by atoms with Crippen LogP contribution in [0.4, 0.5) is 4.39 Å². The molecular formula is C12H16FNO2. The van der Waals surface area contributed by atoms with Gasteiger partial charge in [-0.3, -0.25) is 4.79 Å². The molecule has 0 aliphatic heterocycles. The molecule has 0 heterocycles. The predicted molar refractivity (Wildman–Crippen MR) is 59.3 cm³/mol. The number of nitrogens with two attached hydrogens (primary N) is 1. The second-order valence-corrected chi connectivity index (χ2v) is 3.60. The molecule has 0 saturated carbocycles. The molecule has 2 N–H and O–H groups in total. The first kappa shape index (κ1) is 12.6. The molecule has 0 aliphatic carbocycles. The highest BCUT2D eigenvalue weighted by Crippen LogP contribution is 2.07. The molecule has 88 valence electrons. The number of hydrogen-bond acceptors (Lipinski definition) is 3. The molecule has 0 fully saturated rings. The molecule has 1 rings (SSSR count). The molecular weight excluding hydrogens is 209 g/mol. The minimum absolute atomic E-state index is 0.157. The van der Waals surface area contributed by atoms with E-state index in [0.717, 1.165) is 5.56 Å². The van der Waals surface area contributed by atoms with Gasteiger partial charge in [-0.05, 0) is 31.0 Å². The Balaban J connectivity index is 2.45. The second kappa shape index (κ2) is 6.23. The van der Waals surface area contributed by atoms with E-state index in [9.17, 15) is 9.18 Å². The van der Waals surface area contributed by atoms with Crippen molar-refractivity contribution in [3.05, 3.63) is 35.6 Å². The average molecular weight is 225 g/mol. The Morgan fingerprint density at radius 2 is 2.31 bits per heavy atom. The predicted octanol–water partition coefficient (Wildman–Crippen LogP) is 1.65. The Hall–Kier alpha value is -1.42. The minimum Gasteiger partial charge on any atom is -0.466 e. The van der Waals surface area contributed by atoms with Gasteiger partial charge < -0.3 is 10.5 Å². The molecule has 1 aromatic rings. The summed E-state index contributed by atoms with van der Waals surface area (Å²) in [6.07, 6.45) is 0.626. The highest BCUT2D eigenvalue weighted by molar-refractivity contribution is 5.70. The summed E-state index contributed by atoms with van der Waals surface area (Å²) < 4.78 is 17.6. The van der Waals surface area contributed by atoms with Gasteiger partial charge in [0.05, 0.1) is 13.0 Å². The van der Waals surface area contributed by atoms with E-state index in [0.29, 0.717) is 13.0 Å². The van der Waals surface area contributed by atoms with E-state index in [-0.39, 0.29) is 24.2 Å². The van der Waals surface area contributed by atoms with Crippen LogP contribution in [0.1, 0.15) is 18.9 Å². The number of esters is 1. The van der Waals surface area contributed by atoms with Gasteiger partial charge in [-0.25, -0.2) is 4.39 Å². The Labute approximate surface area is 94.4 Å². The highest BCUT2D eigenvalue weighted by atomic mass is 19.1. The highest BCUT2D eigenvalue weighted by Gasteiger charge is 2.11. The number of benzene rings is 1. The van der Waals surface area contributed by atoms with Crippen LogP contribution in [-0.2, 0) is 16.0 Å². The summed E-state index contributed by atoms with van der Waals surface area (Å²) in [4.78, 5) is 11.1. The van der Waals surface area contributed by atoms with E-state index >= 15 is 0 Å². The van der Waals surface area contributed by atoms with Gasteiger partial charge in [-0.15, -0.1) is 0 Å². The number of carbonyl (C=O) groups excluding carboxylic acids is 1. The number of rotatable bonds is 5. The van der Waals surface area contributed by atoms with Crippen molar-refractivity contribution in [3.8, 4) is 0 Å². The van der Waals surface area contributed by atoms with E-state index in [4.69, 9.17) is 10.5 Å². The van der Waals surface area contributed by atoms with Crippen LogP contribution in [-0.4, -0.2) is 18.6 Å². The van der Waals surface area contributed by atoms with Gasteiger partial charge in [0.15, 0.2) is 0 Å². The first-order chi connectivity index (χ1) is 7.61. The van der Waals surface area contributed by atoms with Crippen molar-refractivity contribution >= 4 is 5.97 Å². The SMILES string of the molecule is CCOC(=O)C[C@H](N)Cc1cccc(F)c1. The third-order valence-corrected chi connectivity index (χ3v) is 2.12. The normalized spacial score (nSPS) is 12.2. The maximum absolute atomic E-state index is 12.9. The molecule has 1 aromatic carbocycles. The fourth-order valence-electron chi connectivity index (χ4n) is 1.47. The van der Waals surface area contributed by atoms with Crippen molar-refractivity contribution in [3.63, 3.8) is 0 Å². The lowest BCUT2D eigenvalue weighted by Gasteiger charge is -2.10. The third kappa shape index (κ3) is 4.40. The summed E-state index contributed by atoms with van der Waals surface area (Å²) in [6, 6.07) is 5.88. The number of carbonyl (C=O) groups is 1. The molecule has 16 heavy (non-hydrogen) atoms. The largest absolute Gasteiger partial charge is 0.466 e. The zero-order valence-electron chi connectivity index (χ0n) is 9.28. The Morgan fingerprint density at radius 1 is 1.56 bits per heavy atom. The maximum Gasteiger partial charge on any atom is 0.307 e. The molecule has 0 radical (unpaired) electrons. The van der Waals surface area contributed by atoms with Gasteiger partial charge in [0.2, 0.25) is 0 Å². The van der Waals surface area contributed by atoms with E-state index in [2.05, 4.69) is 0 Å². The fraction of sp³-hybridized carbons (Fsp3) is 0.417. The van der Waals surface area contributed by atoms with Crippen LogP contribution in [0.2, 0.25) is 0 Å². The summed E-state index contributed by atoms with van der Waals surface area (Å²) >= 11 is 0. The van der Waals surface area contributed by atoms with E-state index in [1.807, 2.05) is 0 Å². The third-order valence-electron chi connectivity index (χ3n) is 2.12. The van der Waals surface area contributed by atoms with Crippen LogP contribution in [0.3, 0.4) is 0 Å². The minimum atomic E-state index is -0.333. The fourth-order valence-corrected chi connectivity index (χ4v) is 1.47. The lowest BCUT2D eigenvalue weighted by atomic mass is 10.0. The van der Waals surface area contributed by atoms with E-state index in [1.165, 1.54) is 12.1 Å². The second-order valence-electron chi connectivity index (χ2n) is 3.60. The molecule has 4 heteroatoms. The van der Waals surface area contributed by atoms with Crippen LogP contribution in [0.25, 0.3) is 0 Å². The van der Waals surface area contributed by atoms with Gasteiger partial charge in [0, 0.05) is 6.04 Å². The lowest BCUT2D eigenvalue weighted by Crippen LogP contribution is -2.27. The molecule has 0 bridgehead atoms. The Kier molecular flexibility index (Phi) is 4.92. The summed E-state index contributed by atoms with van der Waals surface area (Å²) in [5, 5.41) is 0. The molecule has 0 amide bonds. The van der Waals surface area contributed by atoms with Gasteiger partial charge in [-0.1, -0.05) is 12.1 Å². The average Bonchev–Trinajstić information content (AvgIpc) is 2.17. The monoisotopic (exact) mass is 225 g/mol. The molecule has 0 aromatic heterocycles. The number of ether oxygens (including phenoxy) is 1. The molecule has 3 nitrogen and oxygen atoms in total. The van der Waals surface area contributed by atoms with Crippen LogP contribution >= 0.6 is 0 Å². The van der Waals surface area contributed by atoms with Crippen molar-refractivity contribution in [2.24, 2.45) is 5.73 Å². The Bertz CT molecular complexity index is 355. The first-order valence-electron chi connectivity index (χ1n) is 5.27. The van der Waals surface area contributed by atoms with Gasteiger partial charge in [-0.2, -0.15) is 0 Å². The maximum atomic E-state index is 12.9. The standard InChI is InChI=1S/C12H16FNO2/c1-2-16-12(15)8-11(14)7-9-4-3-5-10(13)6-9/h3-6,11H,2,7-8,14H2,1H3/t11-/m1/s1. The van der Waals surface area contributed by atoms with E-state index < -0.39 is 0 Å². The van der Waals surface area contributed by atoms with Gasteiger partial charge in [0.1, 0.15) is 5.82 Å². The van der Waals surface area contributed by atoms with Crippen LogP contribution < -0.4 is 5.73 Å². The van der Waals surface area contributed by atoms with E-state index in [1.54, 1.807) is 19.1 Å². The van der Waals surface area contributed by atoms with Crippen molar-refractivity contribution in [2.45, 2.75) is 25.8 Å². The summed E-state index contributed by atoms with van der Waals surface area (Å²) in [7, 11) is 0. The van der Waals surface area contributed by atoms with Crippen LogP contribution in [0.15, 0.2) is 24.3 Å². The zero-order valence-corrected chi connectivity index (χ0v) is 9.28. The van der Waals surface area contributed by atoms with Crippen molar-refractivity contribution < 1.29 is 13.9 Å². The summed E-state index contributed by atoms with van der Waals surface area (Å²) in [6.45, 7) is 2.10. The smallest absolute Gasteiger partial charge is 0.307 e. The summed E-state index contributed by atoms with van der Waals surface area (Å²) in [5.74, 6) is -0.604. The van der Waals surface area contributed by atoms with Crippen molar-refractivity contribution in [2.75, 3.05) is 6.61 Å². The first-order valence-corrected chi connectivity index (χ1v) is 5.27. The molecule has 0 spiro atoms. The van der Waals surface area contributed by atoms with Gasteiger partial charge in [0.25, 0.3) is 0 Å². The molecule has 1 atom stereocenters. The molecule has 0 saturated heterocycles. The van der Waals surface area contributed by atoms with Crippen LogP contribution in [0, 0.1) is 5.82 Å². The Morgan fingerprint density at radius 3 is 2.94 bits per heavy atom. The number of hydrogen-bond donors (Lipinski definition) is 1. The quantitative estimate of drug-likeness (QED) is 0.775. The lowest BCUT2D eigenvalue weighted by molar-refractivity contribution is -0.143. The zero-order chi connectivity index (χ0) is 12.0. The number of halogens is 1.